The van der Waals surface area contributed by atoms with Crippen LogP contribution in [0.15, 0.2) is 0 Å². The van der Waals surface area contributed by atoms with Crippen molar-refractivity contribution >= 4 is 24.2 Å². The fourth-order valence-electron chi connectivity index (χ4n) is 2.88. The average Bonchev–Trinajstić information content (AvgIpc) is 2.52. The van der Waals surface area contributed by atoms with Gasteiger partial charge in [-0.2, -0.15) is 0 Å². The van der Waals surface area contributed by atoms with Gasteiger partial charge in [-0.3, -0.25) is 9.59 Å². The molecule has 2 aliphatic heterocycles. The van der Waals surface area contributed by atoms with Crippen molar-refractivity contribution in [2.45, 2.75) is 39.7 Å². The molecule has 0 aromatic heterocycles. The van der Waals surface area contributed by atoms with Gasteiger partial charge in [-0.25, -0.2) is 0 Å². The molecule has 2 fully saturated rings. The summed E-state index contributed by atoms with van der Waals surface area (Å²) in [6, 6.07) is -0.211. The Kier molecular flexibility index (Phi) is 7.77. The number of likely N-dealkylation sites (tertiary alicyclic amines) is 1. The molecule has 6 nitrogen and oxygen atoms in total. The van der Waals surface area contributed by atoms with E-state index < -0.39 is 0 Å². The highest BCUT2D eigenvalue weighted by Gasteiger charge is 2.30. The molecule has 134 valence electrons. The number of hydrogen-bond acceptors (Lipinski definition) is 4. The standard InChI is InChI=1S/C16H29N3O3.ClH/c1-16(2,3)15(21)18-9-12-5-4-7-19(10-12)14(20)13-11-22-8-6-17-13;/h12-13,17H,4-11H2,1-3H3,(H,18,21);1H. The summed E-state index contributed by atoms with van der Waals surface area (Å²) in [6.07, 6.45) is 2.05. The summed E-state index contributed by atoms with van der Waals surface area (Å²) in [5, 5.41) is 6.23. The van der Waals surface area contributed by atoms with Gasteiger partial charge in [0.05, 0.1) is 13.2 Å². The highest BCUT2D eigenvalue weighted by Crippen LogP contribution is 2.18. The second-order valence-electron chi connectivity index (χ2n) is 7.33. The number of morpholine rings is 1. The Labute approximate surface area is 145 Å². The Morgan fingerprint density at radius 2 is 2.09 bits per heavy atom. The zero-order valence-corrected chi connectivity index (χ0v) is 15.2. The van der Waals surface area contributed by atoms with E-state index in [4.69, 9.17) is 4.74 Å². The Morgan fingerprint density at radius 1 is 1.35 bits per heavy atom. The van der Waals surface area contributed by atoms with Crippen molar-refractivity contribution in [2.75, 3.05) is 39.4 Å². The van der Waals surface area contributed by atoms with Crippen LogP contribution in [0, 0.1) is 11.3 Å². The monoisotopic (exact) mass is 347 g/mol. The molecule has 2 aliphatic rings. The normalized spacial score (nSPS) is 25.4. The molecule has 2 atom stereocenters. The zero-order valence-electron chi connectivity index (χ0n) is 14.4. The van der Waals surface area contributed by atoms with Gasteiger partial charge in [0.15, 0.2) is 0 Å². The molecule has 0 bridgehead atoms. The highest BCUT2D eigenvalue weighted by molar-refractivity contribution is 5.85. The van der Waals surface area contributed by atoms with E-state index in [1.807, 2.05) is 25.7 Å². The Balaban J connectivity index is 0.00000264. The Bertz CT molecular complexity index is 406. The molecule has 2 saturated heterocycles. The summed E-state index contributed by atoms with van der Waals surface area (Å²) in [7, 11) is 0. The molecule has 0 aliphatic carbocycles. The molecule has 0 aromatic rings. The number of carbonyl (C=O) groups is 2. The Morgan fingerprint density at radius 3 is 2.70 bits per heavy atom. The van der Waals surface area contributed by atoms with Crippen LogP contribution in [0.2, 0.25) is 0 Å². The van der Waals surface area contributed by atoms with E-state index in [0.717, 1.165) is 32.5 Å². The van der Waals surface area contributed by atoms with Gasteiger partial charge in [-0.1, -0.05) is 20.8 Å². The highest BCUT2D eigenvalue weighted by atomic mass is 35.5. The largest absolute Gasteiger partial charge is 0.378 e. The lowest BCUT2D eigenvalue weighted by Crippen LogP contribution is -2.55. The maximum Gasteiger partial charge on any atom is 0.242 e. The van der Waals surface area contributed by atoms with Crippen molar-refractivity contribution in [2.24, 2.45) is 11.3 Å². The molecule has 2 rings (SSSR count). The van der Waals surface area contributed by atoms with E-state index in [2.05, 4.69) is 10.6 Å². The van der Waals surface area contributed by atoms with Gasteiger partial charge in [-0.05, 0) is 18.8 Å². The minimum absolute atomic E-state index is 0. The number of amides is 2. The van der Waals surface area contributed by atoms with E-state index in [1.165, 1.54) is 0 Å². The first kappa shape index (κ1) is 20.2. The number of nitrogens with zero attached hydrogens (tertiary/aromatic N) is 1. The molecule has 2 amide bonds. The molecular formula is C16H30ClN3O3. The molecule has 2 N–H and O–H groups in total. The van der Waals surface area contributed by atoms with Crippen LogP contribution in [0.4, 0.5) is 0 Å². The average molecular weight is 348 g/mol. The van der Waals surface area contributed by atoms with Crippen LogP contribution in [0.5, 0.6) is 0 Å². The van der Waals surface area contributed by atoms with Crippen molar-refractivity contribution in [3.05, 3.63) is 0 Å². The summed E-state index contributed by atoms with van der Waals surface area (Å²) in [4.78, 5) is 26.4. The molecule has 2 heterocycles. The molecule has 0 radical (unpaired) electrons. The van der Waals surface area contributed by atoms with Crippen LogP contribution in [0.3, 0.4) is 0 Å². The zero-order chi connectivity index (χ0) is 16.2. The second kappa shape index (κ2) is 8.85. The van der Waals surface area contributed by atoms with Gasteiger partial charge in [0.1, 0.15) is 6.04 Å². The second-order valence-corrected chi connectivity index (χ2v) is 7.33. The smallest absolute Gasteiger partial charge is 0.242 e. The van der Waals surface area contributed by atoms with Gasteiger partial charge >= 0.3 is 0 Å². The maximum absolute atomic E-state index is 12.5. The topological polar surface area (TPSA) is 70.7 Å². The number of ether oxygens (including phenoxy) is 1. The predicted octanol–water partition coefficient (Wildman–Crippen LogP) is 0.798. The van der Waals surface area contributed by atoms with E-state index in [9.17, 15) is 9.59 Å². The lowest BCUT2D eigenvalue weighted by Gasteiger charge is -2.36. The number of carbonyl (C=O) groups excluding carboxylic acids is 2. The van der Waals surface area contributed by atoms with Gasteiger partial charge < -0.3 is 20.3 Å². The van der Waals surface area contributed by atoms with Gasteiger partial charge in [0.25, 0.3) is 0 Å². The number of halogens is 1. The fourth-order valence-corrected chi connectivity index (χ4v) is 2.88. The molecular weight excluding hydrogens is 318 g/mol. The number of piperidine rings is 1. The van der Waals surface area contributed by atoms with E-state index >= 15 is 0 Å². The van der Waals surface area contributed by atoms with Gasteiger partial charge in [0.2, 0.25) is 11.8 Å². The van der Waals surface area contributed by atoms with Crippen LogP contribution in [-0.4, -0.2) is 62.1 Å². The first-order valence-electron chi connectivity index (χ1n) is 8.26. The van der Waals surface area contributed by atoms with Crippen molar-refractivity contribution in [1.82, 2.24) is 15.5 Å². The van der Waals surface area contributed by atoms with Crippen LogP contribution in [-0.2, 0) is 14.3 Å². The minimum atomic E-state index is -0.368. The third-order valence-electron chi connectivity index (χ3n) is 4.28. The first-order chi connectivity index (χ1) is 10.4. The molecule has 7 heteroatoms. The number of hydrogen-bond donors (Lipinski definition) is 2. The van der Waals surface area contributed by atoms with E-state index in [1.54, 1.807) is 0 Å². The lowest BCUT2D eigenvalue weighted by atomic mass is 9.94. The maximum atomic E-state index is 12.5. The summed E-state index contributed by atoms with van der Waals surface area (Å²) in [6.45, 7) is 9.77. The number of rotatable bonds is 3. The third kappa shape index (κ3) is 5.94. The molecule has 0 aromatic carbocycles. The van der Waals surface area contributed by atoms with Crippen molar-refractivity contribution in [3.63, 3.8) is 0 Å². The molecule has 23 heavy (non-hydrogen) atoms. The fraction of sp³-hybridized carbons (Fsp3) is 0.875. The van der Waals surface area contributed by atoms with Crippen LogP contribution in [0.1, 0.15) is 33.6 Å². The third-order valence-corrected chi connectivity index (χ3v) is 4.28. The van der Waals surface area contributed by atoms with Gasteiger partial charge in [0, 0.05) is 31.6 Å². The number of nitrogens with one attached hydrogen (secondary N) is 2. The first-order valence-corrected chi connectivity index (χ1v) is 8.26. The van der Waals surface area contributed by atoms with Crippen LogP contribution < -0.4 is 10.6 Å². The predicted molar refractivity (Wildman–Crippen MR) is 91.6 cm³/mol. The van der Waals surface area contributed by atoms with Crippen molar-refractivity contribution in [3.8, 4) is 0 Å². The van der Waals surface area contributed by atoms with E-state index in [-0.39, 0.29) is 35.7 Å². The van der Waals surface area contributed by atoms with Crippen LogP contribution >= 0.6 is 12.4 Å². The SMILES string of the molecule is CC(C)(C)C(=O)NCC1CCCN(C(=O)C2COCCN2)C1.Cl. The molecule has 0 spiro atoms. The molecule has 0 saturated carbocycles. The quantitative estimate of drug-likeness (QED) is 0.792. The lowest BCUT2D eigenvalue weighted by molar-refractivity contribution is -0.138. The summed E-state index contributed by atoms with van der Waals surface area (Å²) >= 11 is 0. The summed E-state index contributed by atoms with van der Waals surface area (Å²) in [5.41, 5.74) is -0.368. The van der Waals surface area contributed by atoms with Gasteiger partial charge in [-0.15, -0.1) is 12.4 Å². The van der Waals surface area contributed by atoms with Crippen LogP contribution in [0.25, 0.3) is 0 Å². The minimum Gasteiger partial charge on any atom is -0.378 e. The van der Waals surface area contributed by atoms with Crippen molar-refractivity contribution < 1.29 is 14.3 Å². The van der Waals surface area contributed by atoms with Crippen molar-refractivity contribution in [1.29, 1.82) is 0 Å². The van der Waals surface area contributed by atoms with E-state index in [0.29, 0.717) is 25.7 Å². The summed E-state index contributed by atoms with van der Waals surface area (Å²) in [5.74, 6) is 0.540. The Hall–Kier alpha value is -0.850. The molecule has 2 unspecified atom stereocenters. The summed E-state index contributed by atoms with van der Waals surface area (Å²) < 4.78 is 5.37.